The molecule has 0 saturated carbocycles. The SMILES string of the molecule is Cn1ccnc1C(=O)N[C@@H]1CN(S(C)(=O)=O)[C@@H]2CCCO[C@@H]21. The maximum atomic E-state index is 12.3. The smallest absolute Gasteiger partial charge is 0.287 e. The summed E-state index contributed by atoms with van der Waals surface area (Å²) in [6.45, 7) is 0.831. The van der Waals surface area contributed by atoms with Gasteiger partial charge in [0, 0.05) is 32.6 Å². The third-order valence-corrected chi connectivity index (χ3v) is 5.52. The number of carbonyl (C=O) groups excluding carboxylic acids is 1. The summed E-state index contributed by atoms with van der Waals surface area (Å²) in [4.78, 5) is 16.3. The molecule has 122 valence electrons. The minimum absolute atomic E-state index is 0.199. The fraction of sp³-hybridized carbons (Fsp3) is 0.692. The summed E-state index contributed by atoms with van der Waals surface area (Å²) in [5, 5.41) is 2.87. The number of imidazole rings is 1. The number of amides is 1. The van der Waals surface area contributed by atoms with E-state index in [4.69, 9.17) is 4.74 Å². The molecule has 0 aromatic carbocycles. The number of nitrogens with zero attached hydrogens (tertiary/aromatic N) is 3. The molecule has 9 heteroatoms. The maximum absolute atomic E-state index is 12.3. The second-order valence-corrected chi connectivity index (χ2v) is 7.75. The first kappa shape index (κ1) is 15.4. The highest BCUT2D eigenvalue weighted by Gasteiger charge is 2.48. The maximum Gasteiger partial charge on any atom is 0.287 e. The average molecular weight is 328 g/mol. The zero-order valence-corrected chi connectivity index (χ0v) is 13.4. The molecule has 8 nitrogen and oxygen atoms in total. The van der Waals surface area contributed by atoms with Crippen LogP contribution in [-0.2, 0) is 21.8 Å². The molecule has 0 spiro atoms. The lowest BCUT2D eigenvalue weighted by molar-refractivity contribution is -0.0104. The van der Waals surface area contributed by atoms with Crippen molar-refractivity contribution in [3.63, 3.8) is 0 Å². The number of ether oxygens (including phenoxy) is 1. The summed E-state index contributed by atoms with van der Waals surface area (Å²) >= 11 is 0. The molecule has 3 rings (SSSR count). The second kappa shape index (κ2) is 5.64. The molecule has 0 bridgehead atoms. The molecule has 2 aliphatic heterocycles. The number of hydrogen-bond acceptors (Lipinski definition) is 5. The van der Waals surface area contributed by atoms with Crippen LogP contribution in [0.1, 0.15) is 23.5 Å². The normalized spacial score (nSPS) is 29.3. The van der Waals surface area contributed by atoms with Crippen molar-refractivity contribution in [1.29, 1.82) is 0 Å². The van der Waals surface area contributed by atoms with Crippen molar-refractivity contribution < 1.29 is 17.9 Å². The van der Waals surface area contributed by atoms with Crippen molar-refractivity contribution >= 4 is 15.9 Å². The van der Waals surface area contributed by atoms with Gasteiger partial charge >= 0.3 is 0 Å². The van der Waals surface area contributed by atoms with Gasteiger partial charge in [0.25, 0.3) is 5.91 Å². The molecule has 0 aliphatic carbocycles. The molecule has 2 fully saturated rings. The Morgan fingerprint density at radius 3 is 2.91 bits per heavy atom. The highest BCUT2D eigenvalue weighted by molar-refractivity contribution is 7.88. The van der Waals surface area contributed by atoms with E-state index < -0.39 is 10.0 Å². The van der Waals surface area contributed by atoms with Crippen molar-refractivity contribution in [2.24, 2.45) is 7.05 Å². The first-order chi connectivity index (χ1) is 10.4. The summed E-state index contributed by atoms with van der Waals surface area (Å²) < 4.78 is 32.7. The van der Waals surface area contributed by atoms with Crippen LogP contribution < -0.4 is 5.32 Å². The average Bonchev–Trinajstić information content (AvgIpc) is 3.03. The van der Waals surface area contributed by atoms with E-state index in [9.17, 15) is 13.2 Å². The molecule has 1 N–H and O–H groups in total. The van der Waals surface area contributed by atoms with Crippen molar-refractivity contribution in [2.75, 3.05) is 19.4 Å². The minimum atomic E-state index is -3.32. The molecule has 2 aliphatic rings. The van der Waals surface area contributed by atoms with Gasteiger partial charge in [-0.15, -0.1) is 0 Å². The highest BCUT2D eigenvalue weighted by atomic mass is 32.2. The standard InChI is InChI=1S/C13H20N4O4S/c1-16-6-5-14-12(16)13(18)15-9-8-17(22(2,19)20)10-4-3-7-21-11(9)10/h5-6,9-11H,3-4,7-8H2,1-2H3,(H,15,18)/t9-,10-,11-/m1/s1. The van der Waals surface area contributed by atoms with Crippen LogP contribution in [0.5, 0.6) is 0 Å². The summed E-state index contributed by atoms with van der Waals surface area (Å²) in [5.74, 6) is -0.0223. The van der Waals surface area contributed by atoms with Crippen LogP contribution in [0, 0.1) is 0 Å². The van der Waals surface area contributed by atoms with E-state index in [0.717, 1.165) is 12.8 Å². The molecule has 3 heterocycles. The van der Waals surface area contributed by atoms with E-state index in [1.165, 1.54) is 10.6 Å². The number of carbonyl (C=O) groups is 1. The quantitative estimate of drug-likeness (QED) is 0.795. The number of aryl methyl sites for hydroxylation is 1. The lowest BCUT2D eigenvalue weighted by atomic mass is 10.0. The molecule has 1 amide bonds. The Kier molecular flexibility index (Phi) is 3.96. The van der Waals surface area contributed by atoms with E-state index in [-0.39, 0.29) is 30.6 Å². The van der Waals surface area contributed by atoms with Gasteiger partial charge in [-0.05, 0) is 12.8 Å². The van der Waals surface area contributed by atoms with E-state index in [0.29, 0.717) is 12.4 Å². The van der Waals surface area contributed by atoms with Gasteiger partial charge in [0.2, 0.25) is 10.0 Å². The van der Waals surface area contributed by atoms with Gasteiger partial charge in [-0.3, -0.25) is 4.79 Å². The number of rotatable bonds is 3. The van der Waals surface area contributed by atoms with E-state index in [2.05, 4.69) is 10.3 Å². The Bertz CT molecular complexity index is 671. The van der Waals surface area contributed by atoms with Crippen molar-refractivity contribution in [2.45, 2.75) is 31.0 Å². The number of hydrogen-bond donors (Lipinski definition) is 1. The predicted molar refractivity (Wildman–Crippen MR) is 78.8 cm³/mol. The first-order valence-corrected chi connectivity index (χ1v) is 9.09. The Morgan fingerprint density at radius 2 is 2.27 bits per heavy atom. The third-order valence-electron chi connectivity index (χ3n) is 4.24. The van der Waals surface area contributed by atoms with Gasteiger partial charge in [-0.2, -0.15) is 4.31 Å². The van der Waals surface area contributed by atoms with Crippen LogP contribution in [0.2, 0.25) is 0 Å². The lowest BCUT2D eigenvalue weighted by Crippen LogP contribution is -2.48. The molecule has 0 unspecified atom stereocenters. The van der Waals surface area contributed by atoms with Crippen LogP contribution >= 0.6 is 0 Å². The van der Waals surface area contributed by atoms with E-state index in [1.54, 1.807) is 24.0 Å². The third kappa shape index (κ3) is 2.75. The monoisotopic (exact) mass is 328 g/mol. The van der Waals surface area contributed by atoms with Gasteiger partial charge in [0.05, 0.1) is 24.4 Å². The number of aromatic nitrogens is 2. The van der Waals surface area contributed by atoms with Gasteiger partial charge < -0.3 is 14.6 Å². The second-order valence-electron chi connectivity index (χ2n) is 5.82. The Hall–Kier alpha value is -1.45. The van der Waals surface area contributed by atoms with Gasteiger partial charge in [-0.25, -0.2) is 13.4 Å². The Balaban J connectivity index is 1.79. The lowest BCUT2D eigenvalue weighted by Gasteiger charge is -2.31. The Labute approximate surface area is 129 Å². The molecule has 3 atom stereocenters. The van der Waals surface area contributed by atoms with Crippen LogP contribution in [-0.4, -0.2) is 65.8 Å². The van der Waals surface area contributed by atoms with Gasteiger partial charge in [0.1, 0.15) is 0 Å². The number of fused-ring (bicyclic) bond motifs is 1. The van der Waals surface area contributed by atoms with Crippen LogP contribution in [0.25, 0.3) is 0 Å². The predicted octanol–water partition coefficient (Wildman–Crippen LogP) is -0.659. The largest absolute Gasteiger partial charge is 0.374 e. The first-order valence-electron chi connectivity index (χ1n) is 7.24. The van der Waals surface area contributed by atoms with E-state index in [1.807, 2.05) is 0 Å². The number of sulfonamides is 1. The molecular weight excluding hydrogens is 308 g/mol. The fourth-order valence-corrected chi connectivity index (χ4v) is 4.39. The molecule has 0 radical (unpaired) electrons. The van der Waals surface area contributed by atoms with Gasteiger partial charge in [0.15, 0.2) is 5.82 Å². The fourth-order valence-electron chi connectivity index (χ4n) is 3.24. The molecule has 1 aromatic heterocycles. The molecule has 1 aromatic rings. The van der Waals surface area contributed by atoms with Crippen molar-refractivity contribution in [3.8, 4) is 0 Å². The summed E-state index contributed by atoms with van der Waals surface area (Å²) in [6.07, 6.45) is 5.72. The number of nitrogens with one attached hydrogen (secondary N) is 1. The summed E-state index contributed by atoms with van der Waals surface area (Å²) in [7, 11) is -1.59. The molecule has 2 saturated heterocycles. The van der Waals surface area contributed by atoms with E-state index >= 15 is 0 Å². The zero-order chi connectivity index (χ0) is 15.9. The molecule has 22 heavy (non-hydrogen) atoms. The summed E-state index contributed by atoms with van der Waals surface area (Å²) in [6, 6.07) is -0.556. The zero-order valence-electron chi connectivity index (χ0n) is 12.6. The molecular formula is C13H20N4O4S. The van der Waals surface area contributed by atoms with Crippen molar-refractivity contribution in [1.82, 2.24) is 19.2 Å². The van der Waals surface area contributed by atoms with Crippen LogP contribution in [0.15, 0.2) is 12.4 Å². The van der Waals surface area contributed by atoms with Crippen LogP contribution in [0.4, 0.5) is 0 Å². The van der Waals surface area contributed by atoms with Crippen molar-refractivity contribution in [3.05, 3.63) is 18.2 Å². The van der Waals surface area contributed by atoms with Gasteiger partial charge in [-0.1, -0.05) is 0 Å². The minimum Gasteiger partial charge on any atom is -0.374 e. The Morgan fingerprint density at radius 1 is 1.50 bits per heavy atom. The highest BCUT2D eigenvalue weighted by Crippen LogP contribution is 2.30. The topological polar surface area (TPSA) is 93.5 Å². The summed E-state index contributed by atoms with van der Waals surface area (Å²) in [5.41, 5.74) is 0. The van der Waals surface area contributed by atoms with Crippen LogP contribution in [0.3, 0.4) is 0 Å².